The first-order valence-electron chi connectivity index (χ1n) is 17.1. The molecule has 0 heterocycles. The Labute approximate surface area is 259 Å². The summed E-state index contributed by atoms with van der Waals surface area (Å²) >= 11 is 0. The van der Waals surface area contributed by atoms with Gasteiger partial charge in [-0.25, -0.2) is 0 Å². The molecule has 0 aromatic heterocycles. The van der Waals surface area contributed by atoms with Gasteiger partial charge in [0, 0.05) is 12.5 Å². The molecule has 0 amide bonds. The average molecular weight is 619 g/mol. The van der Waals surface area contributed by atoms with E-state index in [1.165, 1.54) is 5.56 Å². The maximum Gasteiger partial charge on any atom is 0.303 e. The maximum atomic E-state index is 11.5. The number of carboxylic acid groups (broad SMARTS) is 1. The molecule has 0 saturated heterocycles. The predicted molar refractivity (Wildman–Crippen MR) is 181 cm³/mol. The van der Waals surface area contributed by atoms with E-state index >= 15 is 0 Å². The van der Waals surface area contributed by atoms with Gasteiger partial charge in [0.15, 0.2) is 16.6 Å². The van der Waals surface area contributed by atoms with E-state index in [9.17, 15) is 9.90 Å². The standard InChI is InChI=1S/C35H62O5Si2/c1-7-41(8-2,9-3)39-30(25-24-29-20-16-15-17-21-29)26-27-31-32(22-18-13-14-19-23-35(37)38)34(28-33(31)36)40-42(10-4,11-5)12-6/h13,15-18,20-21,30-34,36H,7-12,14,19,22-28H2,1-6H3,(H,37,38)/b18-13-/t30-,31-,32-,33-,34+/m1/s1. The molecule has 1 aliphatic carbocycles. The summed E-state index contributed by atoms with van der Waals surface area (Å²) in [6.07, 6.45) is 11.6. The molecule has 0 spiro atoms. The Balaban J connectivity index is 2.21. The Morgan fingerprint density at radius 3 is 2.10 bits per heavy atom. The summed E-state index contributed by atoms with van der Waals surface area (Å²) in [6.45, 7) is 13.7. The van der Waals surface area contributed by atoms with Gasteiger partial charge in [0.25, 0.3) is 0 Å². The quantitative estimate of drug-likeness (QED) is 0.0769. The number of aryl methyl sites for hydroxylation is 1. The van der Waals surface area contributed by atoms with Gasteiger partial charge in [-0.2, -0.15) is 0 Å². The lowest BCUT2D eigenvalue weighted by Gasteiger charge is -2.36. The molecule has 1 aromatic rings. The lowest BCUT2D eigenvalue weighted by molar-refractivity contribution is -0.137. The second-order valence-electron chi connectivity index (χ2n) is 12.6. The number of carboxylic acids is 1. The lowest BCUT2D eigenvalue weighted by Crippen LogP contribution is -2.42. The van der Waals surface area contributed by atoms with Gasteiger partial charge in [0.1, 0.15) is 0 Å². The molecule has 1 aromatic carbocycles. The van der Waals surface area contributed by atoms with Gasteiger partial charge >= 0.3 is 5.97 Å². The zero-order valence-corrected chi connectivity index (χ0v) is 29.7. The van der Waals surface area contributed by atoms with Crippen molar-refractivity contribution in [2.75, 3.05) is 0 Å². The number of hydrogen-bond acceptors (Lipinski definition) is 4. The highest BCUT2D eigenvalue weighted by atomic mass is 28.4. The van der Waals surface area contributed by atoms with Crippen LogP contribution in [0.5, 0.6) is 0 Å². The number of benzene rings is 1. The van der Waals surface area contributed by atoms with Crippen LogP contribution in [0.4, 0.5) is 0 Å². The van der Waals surface area contributed by atoms with E-state index in [1.54, 1.807) is 0 Å². The Kier molecular flexibility index (Phi) is 16.9. The molecular weight excluding hydrogens is 557 g/mol. The van der Waals surface area contributed by atoms with Gasteiger partial charge in [-0.05, 0) is 105 Å². The zero-order chi connectivity index (χ0) is 31.0. The van der Waals surface area contributed by atoms with Crippen molar-refractivity contribution in [2.45, 2.75) is 154 Å². The monoisotopic (exact) mass is 618 g/mol. The van der Waals surface area contributed by atoms with Crippen LogP contribution in [-0.4, -0.2) is 51.1 Å². The third-order valence-corrected chi connectivity index (χ3v) is 19.8. The average Bonchev–Trinajstić information content (AvgIpc) is 3.30. The van der Waals surface area contributed by atoms with Crippen molar-refractivity contribution >= 4 is 22.6 Å². The number of aliphatic carboxylic acids is 1. The van der Waals surface area contributed by atoms with Crippen LogP contribution in [0.3, 0.4) is 0 Å². The third kappa shape index (κ3) is 11.3. The van der Waals surface area contributed by atoms with Crippen LogP contribution in [0.25, 0.3) is 0 Å². The highest BCUT2D eigenvalue weighted by Gasteiger charge is 2.45. The van der Waals surface area contributed by atoms with Crippen LogP contribution in [-0.2, 0) is 20.1 Å². The highest BCUT2D eigenvalue weighted by molar-refractivity contribution is 6.74. The van der Waals surface area contributed by atoms with Gasteiger partial charge in [0.05, 0.1) is 12.2 Å². The summed E-state index contributed by atoms with van der Waals surface area (Å²) < 4.78 is 14.2. The van der Waals surface area contributed by atoms with Gasteiger partial charge in [-0.3, -0.25) is 4.79 Å². The Bertz CT molecular complexity index is 883. The Morgan fingerprint density at radius 2 is 1.52 bits per heavy atom. The van der Waals surface area contributed by atoms with E-state index in [4.69, 9.17) is 14.0 Å². The van der Waals surface area contributed by atoms with E-state index in [0.29, 0.717) is 6.42 Å². The second-order valence-corrected chi connectivity index (χ2v) is 22.1. The van der Waals surface area contributed by atoms with Crippen molar-refractivity contribution < 1.29 is 23.9 Å². The first kappa shape index (κ1) is 36.9. The van der Waals surface area contributed by atoms with Crippen molar-refractivity contribution in [3.63, 3.8) is 0 Å². The van der Waals surface area contributed by atoms with E-state index in [0.717, 1.165) is 81.2 Å². The Morgan fingerprint density at radius 1 is 0.905 bits per heavy atom. The van der Waals surface area contributed by atoms with Crippen LogP contribution in [0.15, 0.2) is 42.5 Å². The zero-order valence-electron chi connectivity index (χ0n) is 27.7. The number of carbonyl (C=O) groups is 1. The molecule has 0 unspecified atom stereocenters. The molecule has 1 aliphatic rings. The normalized spacial score (nSPS) is 22.2. The summed E-state index contributed by atoms with van der Waals surface area (Å²) in [5, 5.41) is 20.4. The third-order valence-electron chi connectivity index (χ3n) is 10.4. The van der Waals surface area contributed by atoms with Crippen LogP contribution >= 0.6 is 0 Å². The number of aliphatic hydroxyl groups is 1. The minimum absolute atomic E-state index is 0.0965. The maximum absolute atomic E-state index is 11.5. The fourth-order valence-corrected chi connectivity index (χ4v) is 12.9. The lowest BCUT2D eigenvalue weighted by atomic mass is 9.85. The molecule has 5 nitrogen and oxygen atoms in total. The van der Waals surface area contributed by atoms with Crippen molar-refractivity contribution in [3.05, 3.63) is 48.0 Å². The second kappa shape index (κ2) is 19.2. The van der Waals surface area contributed by atoms with Gasteiger partial charge in [-0.1, -0.05) is 84.0 Å². The van der Waals surface area contributed by atoms with Crippen LogP contribution in [0.1, 0.15) is 98.5 Å². The molecule has 7 heteroatoms. The summed E-state index contributed by atoms with van der Waals surface area (Å²) in [5.74, 6) is -0.256. The number of rotatable bonds is 22. The molecule has 1 saturated carbocycles. The van der Waals surface area contributed by atoms with Crippen LogP contribution in [0.2, 0.25) is 36.3 Å². The SMILES string of the molecule is CC[Si](CC)(CC)O[C@H](CCc1ccccc1)CC[C@@H]1[C@@H](C/C=C\CCCC(=O)O)[C@@H](O[Si](CC)(CC)CC)C[C@H]1O. The number of hydrogen-bond donors (Lipinski definition) is 2. The minimum Gasteiger partial charge on any atom is -0.481 e. The van der Waals surface area contributed by atoms with Gasteiger partial charge < -0.3 is 19.1 Å². The Hall–Kier alpha value is -1.26. The number of aliphatic hydroxyl groups excluding tert-OH is 1. The van der Waals surface area contributed by atoms with Crippen molar-refractivity contribution in [2.24, 2.45) is 11.8 Å². The first-order valence-corrected chi connectivity index (χ1v) is 22.2. The molecule has 0 radical (unpaired) electrons. The molecule has 240 valence electrons. The summed E-state index contributed by atoms with van der Waals surface area (Å²) in [4.78, 5) is 10.9. The van der Waals surface area contributed by atoms with Crippen molar-refractivity contribution in [1.29, 1.82) is 0 Å². The molecule has 5 atom stereocenters. The topological polar surface area (TPSA) is 76.0 Å². The van der Waals surface area contributed by atoms with Crippen molar-refractivity contribution in [3.8, 4) is 0 Å². The summed E-state index contributed by atoms with van der Waals surface area (Å²) in [5.41, 5.74) is 1.36. The largest absolute Gasteiger partial charge is 0.481 e. The fourth-order valence-electron chi connectivity index (χ4n) is 7.05. The van der Waals surface area contributed by atoms with Crippen LogP contribution < -0.4 is 0 Å². The number of unbranched alkanes of at least 4 members (excludes halogenated alkanes) is 1. The van der Waals surface area contributed by atoms with Crippen molar-refractivity contribution in [1.82, 2.24) is 0 Å². The molecule has 2 rings (SSSR count). The van der Waals surface area contributed by atoms with Gasteiger partial charge in [-0.15, -0.1) is 0 Å². The molecule has 0 bridgehead atoms. The van der Waals surface area contributed by atoms with E-state index < -0.39 is 22.6 Å². The fraction of sp³-hybridized carbons (Fsp3) is 0.743. The molecule has 2 N–H and O–H groups in total. The summed E-state index contributed by atoms with van der Waals surface area (Å²) in [6, 6.07) is 17.5. The molecule has 1 fully saturated rings. The summed E-state index contributed by atoms with van der Waals surface area (Å²) in [7, 11) is -3.58. The number of allylic oxidation sites excluding steroid dienone is 2. The molecular formula is C35H62O5Si2. The van der Waals surface area contributed by atoms with Crippen LogP contribution in [0, 0.1) is 11.8 Å². The molecule has 0 aliphatic heterocycles. The molecule has 42 heavy (non-hydrogen) atoms. The smallest absolute Gasteiger partial charge is 0.303 e. The highest BCUT2D eigenvalue weighted by Crippen LogP contribution is 2.43. The minimum atomic E-state index is -1.82. The van der Waals surface area contributed by atoms with E-state index in [2.05, 4.69) is 84.0 Å². The van der Waals surface area contributed by atoms with E-state index in [-0.39, 0.29) is 36.6 Å². The van der Waals surface area contributed by atoms with Gasteiger partial charge in [0.2, 0.25) is 0 Å². The first-order chi connectivity index (χ1) is 20.2. The predicted octanol–water partition coefficient (Wildman–Crippen LogP) is 9.38. The van der Waals surface area contributed by atoms with E-state index in [1.807, 2.05) is 0 Å².